The molecular weight excluding hydrogens is 486 g/mol. The number of likely N-dealkylation sites (N-methyl/N-ethyl adjacent to an activating group) is 2. The normalized spacial score (nSPS) is 14.0. The molecule has 38 heavy (non-hydrogen) atoms. The number of hydrogen-bond acceptors (Lipinski definition) is 9. The zero-order chi connectivity index (χ0) is 27.3. The second-order valence-corrected chi connectivity index (χ2v) is 9.14. The van der Waals surface area contributed by atoms with Gasteiger partial charge in [0.25, 0.3) is 0 Å². The molecule has 10 nitrogen and oxygen atoms in total. The summed E-state index contributed by atoms with van der Waals surface area (Å²) >= 11 is 0. The van der Waals surface area contributed by atoms with Gasteiger partial charge in [-0.25, -0.2) is 0 Å². The number of aromatic hydroxyl groups is 1. The van der Waals surface area contributed by atoms with Crippen molar-refractivity contribution in [3.8, 4) is 17.2 Å². The summed E-state index contributed by atoms with van der Waals surface area (Å²) in [6, 6.07) is 13.9. The van der Waals surface area contributed by atoms with Crippen LogP contribution in [0.5, 0.6) is 5.75 Å². The van der Waals surface area contributed by atoms with E-state index in [1.54, 1.807) is 11.9 Å². The lowest BCUT2D eigenvalue weighted by molar-refractivity contribution is -0.126. The summed E-state index contributed by atoms with van der Waals surface area (Å²) in [5, 5.41) is 20.3. The fraction of sp³-hybridized carbons (Fsp3) is 0.393. The number of amides is 1. The second-order valence-electron chi connectivity index (χ2n) is 9.14. The Morgan fingerprint density at radius 1 is 1.16 bits per heavy atom. The number of phenolic OH excluding ortho intramolecular Hbond substituents is 1. The number of phenols is 1. The second kappa shape index (κ2) is 14.7. The van der Waals surface area contributed by atoms with Crippen LogP contribution < -0.4 is 5.32 Å². The molecule has 2 N–H and O–H groups in total. The highest BCUT2D eigenvalue weighted by molar-refractivity contribution is 5.82. The lowest BCUT2D eigenvalue weighted by atomic mass is 10.0. The smallest absolute Gasteiger partial charge is 0.247 e. The Hall–Kier alpha value is -3.89. The molecule has 3 aromatic rings. The van der Waals surface area contributed by atoms with Crippen LogP contribution in [0, 0.1) is 0 Å². The van der Waals surface area contributed by atoms with Crippen molar-refractivity contribution in [2.75, 3.05) is 27.2 Å². The first-order valence-electron chi connectivity index (χ1n) is 12.7. The first-order valence-corrected chi connectivity index (χ1v) is 12.7. The predicted molar refractivity (Wildman–Crippen MR) is 142 cm³/mol. The van der Waals surface area contributed by atoms with Gasteiger partial charge in [-0.05, 0) is 75.3 Å². The molecule has 1 aliphatic rings. The largest absolute Gasteiger partial charge is 0.508 e. The van der Waals surface area contributed by atoms with E-state index in [4.69, 9.17) is 4.42 Å². The van der Waals surface area contributed by atoms with Crippen LogP contribution in [0.15, 0.2) is 52.9 Å². The molecule has 4 rings (SSSR count). The molecule has 1 atom stereocenters. The van der Waals surface area contributed by atoms with E-state index in [0.29, 0.717) is 42.2 Å². The van der Waals surface area contributed by atoms with Gasteiger partial charge < -0.3 is 19.6 Å². The average molecular weight is 522 g/mol. The van der Waals surface area contributed by atoms with Gasteiger partial charge in [0.15, 0.2) is 0 Å². The maximum atomic E-state index is 11.9. The maximum absolute atomic E-state index is 11.9. The molecule has 1 aromatic heterocycles. The number of rotatable bonds is 11. The van der Waals surface area contributed by atoms with Crippen LogP contribution in [-0.4, -0.2) is 76.8 Å². The highest BCUT2D eigenvalue weighted by atomic mass is 16.4. The first kappa shape index (κ1) is 28.7. The lowest BCUT2D eigenvalue weighted by Gasteiger charge is -2.26. The Labute approximate surface area is 222 Å². The van der Waals surface area contributed by atoms with Crippen molar-refractivity contribution in [1.29, 1.82) is 0 Å². The van der Waals surface area contributed by atoms with E-state index in [2.05, 4.69) is 20.4 Å². The molecule has 1 amide bonds. The summed E-state index contributed by atoms with van der Waals surface area (Å²) in [5.41, 5.74) is 2.07. The van der Waals surface area contributed by atoms with E-state index in [1.165, 1.54) is 38.1 Å². The third-order valence-corrected chi connectivity index (χ3v) is 6.36. The Bertz CT molecular complexity index is 1180. The van der Waals surface area contributed by atoms with E-state index in [-0.39, 0.29) is 18.1 Å². The van der Waals surface area contributed by atoms with E-state index >= 15 is 0 Å². The SMILES string of the molecule is CNC(=O)C(CCC=O)N(C)Cc1cc(O)ccc1C=O.c1ccc(-c2nnc(CN3CCCC3)o2)cc1. The minimum Gasteiger partial charge on any atom is -0.508 e. The fourth-order valence-electron chi connectivity index (χ4n) is 4.31. The van der Waals surface area contributed by atoms with Crippen molar-refractivity contribution < 1.29 is 23.9 Å². The summed E-state index contributed by atoms with van der Waals surface area (Å²) in [6.07, 6.45) is 4.72. The Morgan fingerprint density at radius 3 is 2.55 bits per heavy atom. The zero-order valence-corrected chi connectivity index (χ0v) is 21.9. The molecule has 0 spiro atoms. The Kier molecular flexibility index (Phi) is 11.1. The molecule has 202 valence electrons. The number of hydrogen-bond donors (Lipinski definition) is 2. The van der Waals surface area contributed by atoms with Crippen molar-refractivity contribution in [2.45, 2.75) is 44.8 Å². The number of aldehydes is 2. The zero-order valence-electron chi connectivity index (χ0n) is 21.9. The minimum absolute atomic E-state index is 0.0633. The monoisotopic (exact) mass is 521 g/mol. The third-order valence-electron chi connectivity index (χ3n) is 6.36. The molecular formula is C28H35N5O5. The van der Waals surface area contributed by atoms with Crippen LogP contribution in [0.3, 0.4) is 0 Å². The van der Waals surface area contributed by atoms with Crippen molar-refractivity contribution in [2.24, 2.45) is 0 Å². The molecule has 2 heterocycles. The van der Waals surface area contributed by atoms with Gasteiger partial charge in [0.1, 0.15) is 18.3 Å². The van der Waals surface area contributed by atoms with Crippen molar-refractivity contribution in [3.63, 3.8) is 0 Å². The molecule has 1 aliphatic heterocycles. The summed E-state index contributed by atoms with van der Waals surface area (Å²) in [4.78, 5) is 37.5. The summed E-state index contributed by atoms with van der Waals surface area (Å²) < 4.78 is 5.67. The molecule has 0 saturated carbocycles. The summed E-state index contributed by atoms with van der Waals surface area (Å²) in [7, 11) is 3.28. The molecule has 1 fully saturated rings. The van der Waals surface area contributed by atoms with Crippen LogP contribution in [-0.2, 0) is 22.7 Å². The van der Waals surface area contributed by atoms with Gasteiger partial charge in [0.2, 0.25) is 17.7 Å². The Balaban J connectivity index is 0.000000214. The minimum atomic E-state index is -0.470. The molecule has 1 unspecified atom stereocenters. The van der Waals surface area contributed by atoms with Crippen LogP contribution in [0.25, 0.3) is 11.5 Å². The van der Waals surface area contributed by atoms with Gasteiger partial charge in [-0.3, -0.25) is 19.4 Å². The highest BCUT2D eigenvalue weighted by Gasteiger charge is 2.22. The van der Waals surface area contributed by atoms with Gasteiger partial charge in [0.05, 0.1) is 12.6 Å². The van der Waals surface area contributed by atoms with Crippen LogP contribution in [0.2, 0.25) is 0 Å². The van der Waals surface area contributed by atoms with Crippen molar-refractivity contribution in [1.82, 2.24) is 25.3 Å². The number of carbonyl (C=O) groups is 3. The van der Waals surface area contributed by atoms with Crippen molar-refractivity contribution in [3.05, 3.63) is 65.5 Å². The van der Waals surface area contributed by atoms with E-state index in [0.717, 1.165) is 31.5 Å². The molecule has 0 aliphatic carbocycles. The summed E-state index contributed by atoms with van der Waals surface area (Å²) in [6.45, 7) is 3.38. The average Bonchev–Trinajstić information content (AvgIpc) is 3.62. The number of nitrogens with one attached hydrogen (secondary N) is 1. The molecule has 0 radical (unpaired) electrons. The van der Waals surface area contributed by atoms with Gasteiger partial charge in [-0.15, -0.1) is 10.2 Å². The van der Waals surface area contributed by atoms with Gasteiger partial charge in [-0.2, -0.15) is 0 Å². The van der Waals surface area contributed by atoms with Gasteiger partial charge in [0, 0.05) is 31.1 Å². The van der Waals surface area contributed by atoms with E-state index in [9.17, 15) is 19.5 Å². The Morgan fingerprint density at radius 2 is 1.89 bits per heavy atom. The molecule has 10 heteroatoms. The first-order chi connectivity index (χ1) is 18.4. The number of aromatic nitrogens is 2. The number of nitrogens with zero attached hydrogens (tertiary/aromatic N) is 4. The van der Waals surface area contributed by atoms with Crippen molar-refractivity contribution >= 4 is 18.5 Å². The number of likely N-dealkylation sites (tertiary alicyclic amines) is 1. The molecule has 2 aromatic carbocycles. The predicted octanol–water partition coefficient (Wildman–Crippen LogP) is 3.06. The molecule has 0 bridgehead atoms. The third kappa shape index (κ3) is 8.32. The maximum Gasteiger partial charge on any atom is 0.247 e. The van der Waals surface area contributed by atoms with Gasteiger partial charge >= 0.3 is 0 Å². The van der Waals surface area contributed by atoms with Crippen LogP contribution in [0.1, 0.15) is 47.5 Å². The number of benzene rings is 2. The van der Waals surface area contributed by atoms with E-state index in [1.807, 2.05) is 30.3 Å². The highest BCUT2D eigenvalue weighted by Crippen LogP contribution is 2.20. The topological polar surface area (TPSA) is 129 Å². The van der Waals surface area contributed by atoms with Gasteiger partial charge in [-0.1, -0.05) is 18.2 Å². The quantitative estimate of drug-likeness (QED) is 0.366. The standard InChI is InChI=1S/C15H20N2O4.C13H15N3O/c1-16-15(21)14(4-3-7-18)17(2)9-12-8-13(20)6-5-11(12)10-19;1-2-6-11(7-3-1)13-15-14-12(17-13)10-16-8-4-5-9-16/h5-8,10,14,20H,3-4,9H2,1-2H3,(H,16,21);1-3,6-7H,4-5,8-10H2. The number of carbonyl (C=O) groups excluding carboxylic acids is 3. The fourth-order valence-corrected chi connectivity index (χ4v) is 4.31. The molecule has 1 saturated heterocycles. The van der Waals surface area contributed by atoms with Crippen LogP contribution in [0.4, 0.5) is 0 Å². The lowest BCUT2D eigenvalue weighted by Crippen LogP contribution is -2.43. The van der Waals surface area contributed by atoms with E-state index < -0.39 is 6.04 Å². The summed E-state index contributed by atoms with van der Waals surface area (Å²) in [5.74, 6) is 1.20. The van der Waals surface area contributed by atoms with Crippen LogP contribution >= 0.6 is 0 Å².